The van der Waals surface area contributed by atoms with Gasteiger partial charge in [-0.2, -0.15) is 0 Å². The van der Waals surface area contributed by atoms with Crippen molar-refractivity contribution in [1.82, 2.24) is 0 Å². The standard InChI is InChI=1S/C8H7BrFNO/c1-4-2-6(9)7(10)3-5(4)8(11)12/h2-3H,1H3,(H2,11,12). The van der Waals surface area contributed by atoms with Gasteiger partial charge in [0.2, 0.25) is 5.91 Å². The van der Waals surface area contributed by atoms with Crippen LogP contribution >= 0.6 is 15.9 Å². The third kappa shape index (κ3) is 1.64. The Labute approximate surface area is 77.7 Å². The first kappa shape index (κ1) is 9.19. The number of amides is 1. The molecular weight excluding hydrogens is 225 g/mol. The van der Waals surface area contributed by atoms with Crippen molar-refractivity contribution in [2.75, 3.05) is 0 Å². The molecule has 2 nitrogen and oxygen atoms in total. The van der Waals surface area contributed by atoms with Gasteiger partial charge in [0, 0.05) is 5.56 Å². The zero-order valence-corrected chi connectivity index (χ0v) is 7.98. The Bertz CT molecular complexity index is 338. The van der Waals surface area contributed by atoms with E-state index in [9.17, 15) is 9.18 Å². The molecule has 0 fully saturated rings. The van der Waals surface area contributed by atoms with E-state index in [-0.39, 0.29) is 5.56 Å². The van der Waals surface area contributed by atoms with Crippen LogP contribution in [0.2, 0.25) is 0 Å². The van der Waals surface area contributed by atoms with E-state index in [1.807, 2.05) is 0 Å². The lowest BCUT2D eigenvalue weighted by atomic mass is 10.1. The van der Waals surface area contributed by atoms with Crippen molar-refractivity contribution in [2.45, 2.75) is 6.92 Å². The number of hydrogen-bond acceptors (Lipinski definition) is 1. The normalized spacial score (nSPS) is 9.92. The fraction of sp³-hybridized carbons (Fsp3) is 0.125. The van der Waals surface area contributed by atoms with Crippen LogP contribution in [-0.4, -0.2) is 5.91 Å². The summed E-state index contributed by atoms with van der Waals surface area (Å²) in [6.07, 6.45) is 0. The molecule has 0 heterocycles. The van der Waals surface area contributed by atoms with Gasteiger partial charge < -0.3 is 5.73 Å². The molecule has 1 aromatic carbocycles. The van der Waals surface area contributed by atoms with Crippen LogP contribution in [0, 0.1) is 12.7 Å². The monoisotopic (exact) mass is 231 g/mol. The number of aryl methyl sites for hydroxylation is 1. The van der Waals surface area contributed by atoms with Crippen molar-refractivity contribution in [3.05, 3.63) is 33.5 Å². The number of nitrogens with two attached hydrogens (primary N) is 1. The molecule has 1 rings (SSSR count). The molecule has 0 atom stereocenters. The highest BCUT2D eigenvalue weighted by atomic mass is 79.9. The maximum atomic E-state index is 12.9. The molecule has 12 heavy (non-hydrogen) atoms. The SMILES string of the molecule is Cc1cc(Br)c(F)cc1C(N)=O. The van der Waals surface area contributed by atoms with E-state index in [1.165, 1.54) is 6.07 Å². The Hall–Kier alpha value is -0.900. The largest absolute Gasteiger partial charge is 0.366 e. The maximum Gasteiger partial charge on any atom is 0.249 e. The number of carbonyl (C=O) groups excluding carboxylic acids is 1. The van der Waals surface area contributed by atoms with Crippen molar-refractivity contribution in [3.8, 4) is 0 Å². The zero-order valence-electron chi connectivity index (χ0n) is 6.40. The van der Waals surface area contributed by atoms with E-state index in [0.717, 1.165) is 6.07 Å². The van der Waals surface area contributed by atoms with Crippen molar-refractivity contribution in [2.24, 2.45) is 5.73 Å². The van der Waals surface area contributed by atoms with E-state index >= 15 is 0 Å². The van der Waals surface area contributed by atoms with Gasteiger partial charge in [-0.15, -0.1) is 0 Å². The zero-order chi connectivity index (χ0) is 9.30. The fourth-order valence-electron chi connectivity index (χ4n) is 0.912. The van der Waals surface area contributed by atoms with Crippen molar-refractivity contribution in [3.63, 3.8) is 0 Å². The Balaban J connectivity index is 3.33. The van der Waals surface area contributed by atoms with E-state index in [4.69, 9.17) is 5.73 Å². The summed E-state index contributed by atoms with van der Waals surface area (Å²) in [7, 11) is 0. The highest BCUT2D eigenvalue weighted by Crippen LogP contribution is 2.19. The van der Waals surface area contributed by atoms with E-state index in [2.05, 4.69) is 15.9 Å². The molecule has 0 aliphatic rings. The average molecular weight is 232 g/mol. The molecule has 2 N–H and O–H groups in total. The highest BCUT2D eigenvalue weighted by Gasteiger charge is 2.08. The quantitative estimate of drug-likeness (QED) is 0.790. The van der Waals surface area contributed by atoms with Crippen LogP contribution in [0.15, 0.2) is 16.6 Å². The number of primary amides is 1. The van der Waals surface area contributed by atoms with Gasteiger partial charge in [-0.1, -0.05) is 0 Å². The predicted octanol–water partition coefficient (Wildman–Crippen LogP) is 2.00. The Morgan fingerprint density at radius 3 is 2.67 bits per heavy atom. The highest BCUT2D eigenvalue weighted by molar-refractivity contribution is 9.10. The molecule has 1 amide bonds. The third-order valence-corrected chi connectivity index (χ3v) is 2.14. The Kier molecular flexibility index (Phi) is 2.47. The first-order valence-electron chi connectivity index (χ1n) is 3.28. The molecule has 0 unspecified atom stereocenters. The molecule has 0 aliphatic heterocycles. The Morgan fingerprint density at radius 2 is 2.17 bits per heavy atom. The summed E-state index contributed by atoms with van der Waals surface area (Å²) in [6, 6.07) is 2.65. The molecule has 0 saturated heterocycles. The second-order valence-corrected chi connectivity index (χ2v) is 3.30. The van der Waals surface area contributed by atoms with Gasteiger partial charge in [-0.3, -0.25) is 4.79 Å². The smallest absolute Gasteiger partial charge is 0.249 e. The average Bonchev–Trinajstić information content (AvgIpc) is 1.96. The molecule has 0 aliphatic carbocycles. The maximum absolute atomic E-state index is 12.9. The molecular formula is C8H7BrFNO. The minimum absolute atomic E-state index is 0.218. The van der Waals surface area contributed by atoms with Crippen LogP contribution in [0.5, 0.6) is 0 Å². The minimum atomic E-state index is -0.612. The van der Waals surface area contributed by atoms with Crippen molar-refractivity contribution < 1.29 is 9.18 Å². The van der Waals surface area contributed by atoms with E-state index < -0.39 is 11.7 Å². The second-order valence-electron chi connectivity index (χ2n) is 2.45. The van der Waals surface area contributed by atoms with Crippen LogP contribution in [0.25, 0.3) is 0 Å². The molecule has 0 spiro atoms. The summed E-state index contributed by atoms with van der Waals surface area (Å²) in [5.41, 5.74) is 5.89. The van der Waals surface area contributed by atoms with E-state index in [0.29, 0.717) is 10.0 Å². The molecule has 64 valence electrons. The lowest BCUT2D eigenvalue weighted by Crippen LogP contribution is -2.13. The number of hydrogen-bond donors (Lipinski definition) is 1. The molecule has 0 bridgehead atoms. The van der Waals surface area contributed by atoms with Gasteiger partial charge in [0.15, 0.2) is 0 Å². The summed E-state index contributed by atoms with van der Waals surface area (Å²) in [6.45, 7) is 1.70. The minimum Gasteiger partial charge on any atom is -0.366 e. The van der Waals surface area contributed by atoms with Crippen molar-refractivity contribution in [1.29, 1.82) is 0 Å². The molecule has 0 radical (unpaired) electrons. The fourth-order valence-corrected chi connectivity index (χ4v) is 1.37. The van der Waals surface area contributed by atoms with Crippen LogP contribution in [0.1, 0.15) is 15.9 Å². The van der Waals surface area contributed by atoms with Crippen molar-refractivity contribution >= 4 is 21.8 Å². The van der Waals surface area contributed by atoms with Gasteiger partial charge in [0.05, 0.1) is 4.47 Å². The van der Waals surface area contributed by atoms with Crippen LogP contribution in [0.4, 0.5) is 4.39 Å². The van der Waals surface area contributed by atoms with Gasteiger partial charge in [0.25, 0.3) is 0 Å². The van der Waals surface area contributed by atoms with E-state index in [1.54, 1.807) is 6.92 Å². The molecule has 4 heteroatoms. The summed E-state index contributed by atoms with van der Waals surface area (Å²) < 4.78 is 13.2. The molecule has 1 aromatic rings. The van der Waals surface area contributed by atoms with Gasteiger partial charge in [-0.05, 0) is 40.5 Å². The summed E-state index contributed by atoms with van der Waals surface area (Å²) in [4.78, 5) is 10.7. The first-order valence-corrected chi connectivity index (χ1v) is 4.07. The second kappa shape index (κ2) is 3.23. The lowest BCUT2D eigenvalue weighted by molar-refractivity contribution is 0.0999. The van der Waals surface area contributed by atoms with Crippen LogP contribution in [-0.2, 0) is 0 Å². The van der Waals surface area contributed by atoms with Gasteiger partial charge in [-0.25, -0.2) is 4.39 Å². The summed E-state index contributed by atoms with van der Waals surface area (Å²) in [5, 5.41) is 0. The predicted molar refractivity (Wildman–Crippen MR) is 47.4 cm³/mol. The first-order chi connectivity index (χ1) is 5.52. The summed E-state index contributed by atoms with van der Waals surface area (Å²) in [5.74, 6) is -1.09. The summed E-state index contributed by atoms with van der Waals surface area (Å²) >= 11 is 3.00. The topological polar surface area (TPSA) is 43.1 Å². The molecule has 0 aromatic heterocycles. The van der Waals surface area contributed by atoms with Gasteiger partial charge in [0.1, 0.15) is 5.82 Å². The van der Waals surface area contributed by atoms with Crippen LogP contribution < -0.4 is 5.73 Å². The molecule has 0 saturated carbocycles. The van der Waals surface area contributed by atoms with Crippen LogP contribution in [0.3, 0.4) is 0 Å². The number of halogens is 2. The number of carbonyl (C=O) groups is 1. The number of rotatable bonds is 1. The lowest BCUT2D eigenvalue weighted by Gasteiger charge is -2.02. The van der Waals surface area contributed by atoms with Gasteiger partial charge >= 0.3 is 0 Å². The third-order valence-electron chi connectivity index (χ3n) is 1.53. The number of benzene rings is 1. The Morgan fingerprint density at radius 1 is 1.58 bits per heavy atom.